The molecule has 1 atom stereocenters. The van der Waals surface area contributed by atoms with Crippen LogP contribution in [0.25, 0.3) is 0 Å². The number of hydrogen-bond acceptors (Lipinski definition) is 2. The van der Waals surface area contributed by atoms with E-state index in [0.29, 0.717) is 5.56 Å². The molecule has 3 heteroatoms. The van der Waals surface area contributed by atoms with Crippen molar-refractivity contribution < 1.29 is 4.39 Å². The van der Waals surface area contributed by atoms with E-state index in [-0.39, 0.29) is 17.4 Å². The van der Waals surface area contributed by atoms with Crippen LogP contribution in [0, 0.1) is 12.7 Å². The molecule has 0 spiro atoms. The zero-order valence-corrected chi connectivity index (χ0v) is 12.3. The van der Waals surface area contributed by atoms with E-state index in [1.165, 1.54) is 0 Å². The summed E-state index contributed by atoms with van der Waals surface area (Å²) in [5, 5.41) is 0. The number of anilines is 1. The first-order valence-electron chi connectivity index (χ1n) is 6.50. The zero-order chi connectivity index (χ0) is 14.1. The molecule has 2 N–H and O–H groups in total. The zero-order valence-electron chi connectivity index (χ0n) is 12.3. The summed E-state index contributed by atoms with van der Waals surface area (Å²) in [6.07, 6.45) is 1.01. The van der Waals surface area contributed by atoms with Crippen molar-refractivity contribution in [2.24, 2.45) is 5.73 Å². The van der Waals surface area contributed by atoms with E-state index in [2.05, 4.69) is 25.7 Å². The molecule has 18 heavy (non-hydrogen) atoms. The van der Waals surface area contributed by atoms with Gasteiger partial charge in [0.15, 0.2) is 0 Å². The lowest BCUT2D eigenvalue weighted by Crippen LogP contribution is -2.41. The van der Waals surface area contributed by atoms with Crippen molar-refractivity contribution in [3.63, 3.8) is 0 Å². The van der Waals surface area contributed by atoms with Gasteiger partial charge in [-0.05, 0) is 57.4 Å². The molecule has 2 nitrogen and oxygen atoms in total. The van der Waals surface area contributed by atoms with Gasteiger partial charge in [-0.25, -0.2) is 4.39 Å². The van der Waals surface area contributed by atoms with Crippen LogP contribution in [0.1, 0.15) is 51.3 Å². The summed E-state index contributed by atoms with van der Waals surface area (Å²) in [4.78, 5) is 2.19. The van der Waals surface area contributed by atoms with Crippen molar-refractivity contribution >= 4 is 5.69 Å². The van der Waals surface area contributed by atoms with E-state index < -0.39 is 0 Å². The lowest BCUT2D eigenvalue weighted by Gasteiger charge is -2.38. The Morgan fingerprint density at radius 3 is 2.39 bits per heavy atom. The van der Waals surface area contributed by atoms with Gasteiger partial charge in [-0.2, -0.15) is 0 Å². The molecule has 1 unspecified atom stereocenters. The Morgan fingerprint density at radius 1 is 1.39 bits per heavy atom. The number of halogens is 1. The van der Waals surface area contributed by atoms with Crippen LogP contribution in [0.2, 0.25) is 0 Å². The molecule has 1 aromatic rings. The molecular weight excluding hydrogens is 227 g/mol. The Hall–Kier alpha value is -1.09. The first kappa shape index (κ1) is 15.0. The number of hydrogen-bond donors (Lipinski definition) is 1. The predicted octanol–water partition coefficient (Wildman–Crippen LogP) is 3.78. The van der Waals surface area contributed by atoms with E-state index in [9.17, 15) is 4.39 Å². The topological polar surface area (TPSA) is 29.3 Å². The average molecular weight is 252 g/mol. The highest BCUT2D eigenvalue weighted by molar-refractivity contribution is 5.58. The van der Waals surface area contributed by atoms with Gasteiger partial charge in [0.1, 0.15) is 5.82 Å². The first-order valence-corrected chi connectivity index (χ1v) is 6.50. The molecule has 1 rings (SSSR count). The third kappa shape index (κ3) is 2.83. The van der Waals surface area contributed by atoms with Crippen LogP contribution in [-0.2, 0) is 0 Å². The summed E-state index contributed by atoms with van der Waals surface area (Å²) in [6.45, 7) is 10.2. The molecule has 0 saturated carbocycles. The predicted molar refractivity (Wildman–Crippen MR) is 76.5 cm³/mol. The molecule has 0 aliphatic carbocycles. The highest BCUT2D eigenvalue weighted by Gasteiger charge is 2.24. The minimum Gasteiger partial charge on any atom is -0.369 e. The standard InChI is InChI=1S/C15H25FN2/c1-7-15(4,5)18(6)14-8-10(2)13(16)9-12(14)11(3)17/h8-9,11H,7,17H2,1-6H3. The third-order valence-electron chi connectivity index (χ3n) is 3.93. The molecule has 0 fully saturated rings. The van der Waals surface area contributed by atoms with Gasteiger partial charge in [0, 0.05) is 24.3 Å². The Kier molecular flexibility index (Phi) is 4.38. The Morgan fingerprint density at radius 2 is 1.94 bits per heavy atom. The van der Waals surface area contributed by atoms with E-state index in [1.54, 1.807) is 13.0 Å². The summed E-state index contributed by atoms with van der Waals surface area (Å²) in [5.41, 5.74) is 8.53. The summed E-state index contributed by atoms with van der Waals surface area (Å²) < 4.78 is 13.7. The maximum Gasteiger partial charge on any atom is 0.126 e. The van der Waals surface area contributed by atoms with Crippen LogP contribution in [0.4, 0.5) is 10.1 Å². The second-order valence-corrected chi connectivity index (χ2v) is 5.67. The van der Waals surface area contributed by atoms with Crippen LogP contribution in [-0.4, -0.2) is 12.6 Å². The van der Waals surface area contributed by atoms with Gasteiger partial charge in [-0.3, -0.25) is 0 Å². The minimum atomic E-state index is -0.186. The van der Waals surface area contributed by atoms with Crippen molar-refractivity contribution in [1.82, 2.24) is 0 Å². The van der Waals surface area contributed by atoms with E-state index in [4.69, 9.17) is 5.73 Å². The second kappa shape index (κ2) is 5.27. The van der Waals surface area contributed by atoms with E-state index in [1.807, 2.05) is 20.0 Å². The smallest absolute Gasteiger partial charge is 0.126 e. The van der Waals surface area contributed by atoms with Gasteiger partial charge in [0.2, 0.25) is 0 Å². The van der Waals surface area contributed by atoms with Crippen molar-refractivity contribution in [2.75, 3.05) is 11.9 Å². The van der Waals surface area contributed by atoms with Gasteiger partial charge < -0.3 is 10.6 Å². The van der Waals surface area contributed by atoms with Gasteiger partial charge in [-0.1, -0.05) is 6.92 Å². The van der Waals surface area contributed by atoms with Crippen molar-refractivity contribution in [3.05, 3.63) is 29.1 Å². The highest BCUT2D eigenvalue weighted by atomic mass is 19.1. The Labute approximate surface area is 110 Å². The molecule has 0 radical (unpaired) electrons. The van der Waals surface area contributed by atoms with Crippen LogP contribution in [0.15, 0.2) is 12.1 Å². The lowest BCUT2D eigenvalue weighted by molar-refractivity contribution is 0.468. The monoisotopic (exact) mass is 252 g/mol. The molecule has 0 amide bonds. The number of benzene rings is 1. The third-order valence-corrected chi connectivity index (χ3v) is 3.93. The summed E-state index contributed by atoms with van der Waals surface area (Å²) in [7, 11) is 2.04. The van der Waals surface area contributed by atoms with Gasteiger partial charge in [0.05, 0.1) is 0 Å². The van der Waals surface area contributed by atoms with Gasteiger partial charge >= 0.3 is 0 Å². The molecule has 0 bridgehead atoms. The number of nitrogens with two attached hydrogens (primary N) is 1. The SMILES string of the molecule is CCC(C)(C)N(C)c1cc(C)c(F)cc1C(C)N. The van der Waals surface area contributed by atoms with Crippen LogP contribution in [0.5, 0.6) is 0 Å². The number of aryl methyl sites for hydroxylation is 1. The van der Waals surface area contributed by atoms with Crippen LogP contribution >= 0.6 is 0 Å². The summed E-state index contributed by atoms with van der Waals surface area (Å²) in [5.74, 6) is -0.186. The fourth-order valence-electron chi connectivity index (χ4n) is 1.90. The van der Waals surface area contributed by atoms with E-state index >= 15 is 0 Å². The molecule has 0 aliphatic rings. The minimum absolute atomic E-state index is 0.0217. The Balaban J connectivity index is 3.34. The molecular formula is C15H25FN2. The van der Waals surface area contributed by atoms with Gasteiger partial charge in [-0.15, -0.1) is 0 Å². The molecule has 0 aliphatic heterocycles. The first-order chi connectivity index (χ1) is 8.20. The fraction of sp³-hybridized carbons (Fsp3) is 0.600. The normalized spacial score (nSPS) is 13.6. The van der Waals surface area contributed by atoms with Crippen molar-refractivity contribution in [1.29, 1.82) is 0 Å². The summed E-state index contributed by atoms with van der Waals surface area (Å²) in [6, 6.07) is 3.29. The summed E-state index contributed by atoms with van der Waals surface area (Å²) >= 11 is 0. The van der Waals surface area contributed by atoms with Crippen LogP contribution in [0.3, 0.4) is 0 Å². The average Bonchev–Trinajstić information content (AvgIpc) is 2.30. The molecule has 102 valence electrons. The van der Waals surface area contributed by atoms with Gasteiger partial charge in [0.25, 0.3) is 0 Å². The Bertz CT molecular complexity index is 425. The molecule has 0 heterocycles. The van der Waals surface area contributed by atoms with Crippen molar-refractivity contribution in [3.8, 4) is 0 Å². The van der Waals surface area contributed by atoms with Crippen LogP contribution < -0.4 is 10.6 Å². The number of nitrogens with zero attached hydrogens (tertiary/aromatic N) is 1. The molecule has 1 aromatic carbocycles. The maximum atomic E-state index is 13.7. The highest BCUT2D eigenvalue weighted by Crippen LogP contribution is 2.32. The van der Waals surface area contributed by atoms with Crippen molar-refractivity contribution in [2.45, 2.75) is 52.6 Å². The fourth-order valence-corrected chi connectivity index (χ4v) is 1.90. The van der Waals surface area contributed by atoms with E-state index in [0.717, 1.165) is 17.7 Å². The molecule has 0 saturated heterocycles. The largest absolute Gasteiger partial charge is 0.369 e. The number of rotatable bonds is 4. The maximum absolute atomic E-state index is 13.7. The second-order valence-electron chi connectivity index (χ2n) is 5.67. The molecule has 0 aromatic heterocycles. The quantitative estimate of drug-likeness (QED) is 0.883. The lowest BCUT2D eigenvalue weighted by atomic mass is 9.95.